The number of hydrogen-bond acceptors (Lipinski definition) is 3. The third-order valence-corrected chi connectivity index (χ3v) is 2.92. The van der Waals surface area contributed by atoms with Gasteiger partial charge in [-0.2, -0.15) is 0 Å². The Kier molecular flexibility index (Phi) is 8.19. The van der Waals surface area contributed by atoms with Crippen LogP contribution in [0.3, 0.4) is 0 Å². The molecule has 1 aromatic rings. The molecule has 0 heterocycles. The van der Waals surface area contributed by atoms with Gasteiger partial charge in [0.15, 0.2) is 0 Å². The van der Waals surface area contributed by atoms with Crippen molar-refractivity contribution in [3.63, 3.8) is 0 Å². The van der Waals surface area contributed by atoms with E-state index in [2.05, 4.69) is 5.32 Å². The van der Waals surface area contributed by atoms with E-state index in [-0.39, 0.29) is 24.2 Å². The van der Waals surface area contributed by atoms with E-state index in [9.17, 15) is 4.79 Å². The largest absolute Gasteiger partial charge is 0.492 e. The predicted octanol–water partition coefficient (Wildman–Crippen LogP) is 2.68. The molecule has 1 amide bonds. The van der Waals surface area contributed by atoms with Crippen LogP contribution in [-0.4, -0.2) is 19.1 Å². The van der Waals surface area contributed by atoms with Crippen molar-refractivity contribution in [2.75, 3.05) is 18.5 Å². The van der Waals surface area contributed by atoms with Crippen LogP contribution in [-0.2, 0) is 4.79 Å². The lowest BCUT2D eigenvalue weighted by atomic mass is 9.97. The first kappa shape index (κ1) is 17.7. The lowest BCUT2D eigenvalue weighted by Crippen LogP contribution is -2.24. The van der Waals surface area contributed by atoms with Crippen molar-refractivity contribution in [3.8, 4) is 5.75 Å². The molecular weight excluding hydrogens is 264 g/mol. The number of carbonyl (C=O) groups excluding carboxylic acids is 1. The van der Waals surface area contributed by atoms with E-state index < -0.39 is 0 Å². The van der Waals surface area contributed by atoms with Crippen molar-refractivity contribution in [2.45, 2.75) is 20.8 Å². The lowest BCUT2D eigenvalue weighted by Gasteiger charge is -2.15. The molecule has 0 spiro atoms. The third kappa shape index (κ3) is 5.94. The van der Waals surface area contributed by atoms with Crippen LogP contribution in [0.5, 0.6) is 5.75 Å². The number of benzene rings is 1. The normalized spacial score (nSPS) is 11.6. The molecule has 1 atom stereocenters. The van der Waals surface area contributed by atoms with Crippen molar-refractivity contribution in [1.29, 1.82) is 0 Å². The van der Waals surface area contributed by atoms with Crippen molar-refractivity contribution >= 4 is 24.0 Å². The van der Waals surface area contributed by atoms with Crippen LogP contribution in [0.4, 0.5) is 5.69 Å². The quantitative estimate of drug-likeness (QED) is 0.845. The van der Waals surface area contributed by atoms with E-state index in [0.717, 1.165) is 11.4 Å². The van der Waals surface area contributed by atoms with Gasteiger partial charge < -0.3 is 15.8 Å². The molecule has 0 aliphatic heterocycles. The van der Waals surface area contributed by atoms with Crippen LogP contribution in [0, 0.1) is 11.8 Å². The van der Waals surface area contributed by atoms with Crippen molar-refractivity contribution in [3.05, 3.63) is 24.3 Å². The summed E-state index contributed by atoms with van der Waals surface area (Å²) in [5.41, 5.74) is 6.14. The van der Waals surface area contributed by atoms with Gasteiger partial charge in [0, 0.05) is 18.2 Å². The number of carbonyl (C=O) groups is 1. The predicted molar refractivity (Wildman–Crippen MR) is 80.9 cm³/mol. The van der Waals surface area contributed by atoms with Crippen LogP contribution in [0.25, 0.3) is 0 Å². The zero-order chi connectivity index (χ0) is 13.5. The highest BCUT2D eigenvalue weighted by Gasteiger charge is 2.16. The van der Waals surface area contributed by atoms with Gasteiger partial charge in [-0.3, -0.25) is 4.79 Å². The molecule has 4 nitrogen and oxygen atoms in total. The Morgan fingerprint density at radius 3 is 2.32 bits per heavy atom. The Bertz CT molecular complexity index is 380. The molecule has 0 fully saturated rings. The number of ether oxygens (including phenoxy) is 1. The molecule has 1 rings (SSSR count). The van der Waals surface area contributed by atoms with Gasteiger partial charge in [0.2, 0.25) is 5.91 Å². The fraction of sp³-hybridized carbons (Fsp3) is 0.500. The van der Waals surface area contributed by atoms with Crippen LogP contribution in [0.1, 0.15) is 20.8 Å². The molecule has 0 saturated carbocycles. The molecule has 0 aromatic heterocycles. The maximum atomic E-state index is 11.9. The maximum Gasteiger partial charge on any atom is 0.227 e. The summed E-state index contributed by atoms with van der Waals surface area (Å²) >= 11 is 0. The van der Waals surface area contributed by atoms with E-state index in [1.807, 2.05) is 45.0 Å². The van der Waals surface area contributed by atoms with Crippen molar-refractivity contribution in [2.24, 2.45) is 17.6 Å². The average molecular weight is 287 g/mol. The van der Waals surface area contributed by atoms with Crippen LogP contribution < -0.4 is 15.8 Å². The van der Waals surface area contributed by atoms with E-state index >= 15 is 0 Å². The number of anilines is 1. The van der Waals surface area contributed by atoms with E-state index in [0.29, 0.717) is 19.1 Å². The number of halogens is 1. The van der Waals surface area contributed by atoms with Gasteiger partial charge in [-0.15, -0.1) is 12.4 Å². The summed E-state index contributed by atoms with van der Waals surface area (Å²) in [5, 5.41) is 2.89. The second-order valence-electron chi connectivity index (χ2n) is 4.68. The lowest BCUT2D eigenvalue weighted by molar-refractivity contribution is -0.120. The minimum atomic E-state index is -0.00170. The summed E-state index contributed by atoms with van der Waals surface area (Å²) in [5.74, 6) is 1.13. The minimum absolute atomic E-state index is 0. The van der Waals surface area contributed by atoms with Gasteiger partial charge in [-0.05, 0) is 30.2 Å². The average Bonchev–Trinajstić information content (AvgIpc) is 2.36. The Labute approximate surface area is 121 Å². The van der Waals surface area contributed by atoms with Crippen LogP contribution in [0.2, 0.25) is 0 Å². The monoisotopic (exact) mass is 286 g/mol. The zero-order valence-corrected chi connectivity index (χ0v) is 12.5. The molecule has 0 saturated heterocycles. The molecule has 0 aliphatic rings. The number of rotatable bonds is 6. The molecule has 108 valence electrons. The number of nitrogens with two attached hydrogens (primary N) is 1. The summed E-state index contributed by atoms with van der Waals surface area (Å²) in [6, 6.07) is 7.31. The summed E-state index contributed by atoms with van der Waals surface area (Å²) in [6.07, 6.45) is 0. The van der Waals surface area contributed by atoms with Crippen molar-refractivity contribution in [1.82, 2.24) is 0 Å². The molecule has 19 heavy (non-hydrogen) atoms. The van der Waals surface area contributed by atoms with E-state index in [4.69, 9.17) is 10.5 Å². The highest BCUT2D eigenvalue weighted by molar-refractivity contribution is 5.92. The first-order valence-corrected chi connectivity index (χ1v) is 6.28. The van der Waals surface area contributed by atoms with E-state index in [1.165, 1.54) is 0 Å². The Morgan fingerprint density at radius 2 is 1.84 bits per heavy atom. The molecule has 1 aromatic carbocycles. The second kappa shape index (κ2) is 8.77. The number of amides is 1. The van der Waals surface area contributed by atoms with E-state index in [1.54, 1.807) is 0 Å². The molecule has 0 bridgehead atoms. The number of nitrogens with one attached hydrogen (secondary N) is 1. The Morgan fingerprint density at radius 1 is 1.26 bits per heavy atom. The topological polar surface area (TPSA) is 64.3 Å². The fourth-order valence-electron chi connectivity index (χ4n) is 1.37. The van der Waals surface area contributed by atoms with Crippen LogP contribution in [0.15, 0.2) is 24.3 Å². The van der Waals surface area contributed by atoms with Gasteiger partial charge in [0.25, 0.3) is 0 Å². The first-order valence-electron chi connectivity index (χ1n) is 6.28. The minimum Gasteiger partial charge on any atom is -0.492 e. The molecule has 0 aliphatic carbocycles. The van der Waals surface area contributed by atoms with Gasteiger partial charge in [-0.1, -0.05) is 20.8 Å². The molecule has 1 unspecified atom stereocenters. The summed E-state index contributed by atoms with van der Waals surface area (Å²) in [6.45, 7) is 6.99. The fourth-order valence-corrected chi connectivity index (χ4v) is 1.37. The number of hydrogen-bond donors (Lipinski definition) is 2. The molecule has 3 N–H and O–H groups in total. The van der Waals surface area contributed by atoms with Gasteiger partial charge >= 0.3 is 0 Å². The zero-order valence-electron chi connectivity index (χ0n) is 11.7. The first-order chi connectivity index (χ1) is 8.54. The highest BCUT2D eigenvalue weighted by atomic mass is 35.5. The summed E-state index contributed by atoms with van der Waals surface area (Å²) < 4.78 is 5.36. The third-order valence-electron chi connectivity index (χ3n) is 2.92. The SMILES string of the molecule is CC(C)C(C)C(=O)Nc1ccc(OCCN)cc1.Cl. The molecule has 5 heteroatoms. The Hall–Kier alpha value is -1.26. The molecular formula is C14H23ClN2O2. The van der Waals surface area contributed by atoms with Gasteiger partial charge in [-0.25, -0.2) is 0 Å². The Balaban J connectivity index is 0.00000324. The van der Waals surface area contributed by atoms with Gasteiger partial charge in [0.05, 0.1) is 0 Å². The standard InChI is InChI=1S/C14H22N2O2.ClH/c1-10(2)11(3)14(17)16-12-4-6-13(7-5-12)18-9-8-15;/h4-7,10-11H,8-9,15H2,1-3H3,(H,16,17);1H. The smallest absolute Gasteiger partial charge is 0.227 e. The highest BCUT2D eigenvalue weighted by Crippen LogP contribution is 2.18. The maximum absolute atomic E-state index is 11.9. The van der Waals surface area contributed by atoms with Crippen molar-refractivity contribution < 1.29 is 9.53 Å². The second-order valence-corrected chi connectivity index (χ2v) is 4.68. The summed E-state index contributed by atoms with van der Waals surface area (Å²) in [4.78, 5) is 11.9. The van der Waals surface area contributed by atoms with Crippen LogP contribution >= 0.6 is 12.4 Å². The van der Waals surface area contributed by atoms with Gasteiger partial charge in [0.1, 0.15) is 12.4 Å². The summed E-state index contributed by atoms with van der Waals surface area (Å²) in [7, 11) is 0. The molecule has 0 radical (unpaired) electrons.